The second-order valence-electron chi connectivity index (χ2n) is 9.66. The summed E-state index contributed by atoms with van der Waals surface area (Å²) >= 11 is 1.14. The molecule has 218 valence electrons. The van der Waals surface area contributed by atoms with E-state index in [1.54, 1.807) is 10.8 Å². The number of benzene rings is 1. The summed E-state index contributed by atoms with van der Waals surface area (Å²) in [5, 5.41) is 1.89. The minimum absolute atomic E-state index is 0.0294. The van der Waals surface area contributed by atoms with Gasteiger partial charge in [-0.3, -0.25) is 9.59 Å². The van der Waals surface area contributed by atoms with E-state index in [0.29, 0.717) is 6.26 Å². The van der Waals surface area contributed by atoms with Crippen LogP contribution in [0.15, 0.2) is 42.0 Å². The number of sulfonamides is 1. The molecule has 1 aliphatic heterocycles. The van der Waals surface area contributed by atoms with Crippen LogP contribution in [0.5, 0.6) is 5.75 Å². The second-order valence-corrected chi connectivity index (χ2v) is 12.5. The molecule has 0 saturated heterocycles. The summed E-state index contributed by atoms with van der Waals surface area (Å²) in [5.74, 6) is -2.49. The summed E-state index contributed by atoms with van der Waals surface area (Å²) < 4.78 is 112. The van der Waals surface area contributed by atoms with E-state index < -0.39 is 63.7 Å². The fraction of sp³-hybridized carbons (Fsp3) is 0.440. The standard InChI is InChI=1S/C25H24F6N2O5S2/c1-40(36,37)33-22(35)20-17(19-10-9-18(39-19)14-3-4-14)13-23(25(29,30)31,32-21(20)34)15-5-7-16(8-6-15)38-12-2-11-24(26,27)28/h5-10,14H,2-4,11-13H2,1H3,(H,32,34)(H,33,35). The number of ether oxygens (including phenoxy) is 1. The van der Waals surface area contributed by atoms with E-state index in [9.17, 15) is 44.3 Å². The van der Waals surface area contributed by atoms with Crippen LogP contribution in [0, 0.1) is 0 Å². The molecule has 2 amide bonds. The van der Waals surface area contributed by atoms with Crippen molar-refractivity contribution in [1.29, 1.82) is 0 Å². The van der Waals surface area contributed by atoms with Crippen molar-refractivity contribution in [1.82, 2.24) is 10.0 Å². The predicted octanol–water partition coefficient (Wildman–Crippen LogP) is 5.15. The molecule has 1 aromatic heterocycles. The van der Waals surface area contributed by atoms with Gasteiger partial charge in [-0.05, 0) is 60.6 Å². The highest BCUT2D eigenvalue weighted by Crippen LogP contribution is 2.51. The Bertz CT molecular complexity index is 1430. The average molecular weight is 611 g/mol. The predicted molar refractivity (Wildman–Crippen MR) is 134 cm³/mol. The molecule has 2 aliphatic rings. The first-order valence-corrected chi connectivity index (χ1v) is 14.7. The number of nitrogens with one attached hydrogen (secondary N) is 2. The molecule has 15 heteroatoms. The first kappa shape index (κ1) is 29.9. The van der Waals surface area contributed by atoms with E-state index in [1.165, 1.54) is 6.07 Å². The molecule has 1 unspecified atom stereocenters. The average Bonchev–Trinajstić information content (AvgIpc) is 3.55. The van der Waals surface area contributed by atoms with E-state index in [0.717, 1.165) is 53.3 Å². The van der Waals surface area contributed by atoms with Crippen molar-refractivity contribution >= 4 is 38.7 Å². The van der Waals surface area contributed by atoms with Gasteiger partial charge in [0.15, 0.2) is 5.54 Å². The topological polar surface area (TPSA) is 102 Å². The van der Waals surface area contributed by atoms with Gasteiger partial charge in [0.05, 0.1) is 12.9 Å². The molecule has 1 atom stereocenters. The third-order valence-corrected chi connectivity index (χ3v) is 8.27. The van der Waals surface area contributed by atoms with Gasteiger partial charge in [0.25, 0.3) is 11.8 Å². The molecule has 1 saturated carbocycles. The summed E-state index contributed by atoms with van der Waals surface area (Å²) in [7, 11) is -4.14. The quantitative estimate of drug-likeness (QED) is 0.232. The van der Waals surface area contributed by atoms with E-state index >= 15 is 0 Å². The van der Waals surface area contributed by atoms with Crippen LogP contribution in [0.1, 0.15) is 53.3 Å². The van der Waals surface area contributed by atoms with E-state index in [4.69, 9.17) is 4.74 Å². The van der Waals surface area contributed by atoms with E-state index in [2.05, 4.69) is 0 Å². The highest BCUT2D eigenvalue weighted by molar-refractivity contribution is 7.89. The van der Waals surface area contributed by atoms with E-state index in [1.807, 2.05) is 5.32 Å². The summed E-state index contributed by atoms with van der Waals surface area (Å²) in [6.45, 7) is -0.312. The Balaban J connectivity index is 1.71. The zero-order valence-corrected chi connectivity index (χ0v) is 22.5. The number of hydrogen-bond acceptors (Lipinski definition) is 6. The van der Waals surface area contributed by atoms with Crippen LogP contribution in [0.2, 0.25) is 0 Å². The smallest absolute Gasteiger partial charge is 0.416 e. The van der Waals surface area contributed by atoms with Crippen molar-refractivity contribution in [3.63, 3.8) is 0 Å². The number of carbonyl (C=O) groups excluding carboxylic acids is 2. The lowest BCUT2D eigenvalue weighted by molar-refractivity contribution is -0.201. The van der Waals surface area contributed by atoms with Crippen LogP contribution >= 0.6 is 11.3 Å². The van der Waals surface area contributed by atoms with Gasteiger partial charge in [0.2, 0.25) is 10.0 Å². The molecule has 2 N–H and O–H groups in total. The zero-order chi connectivity index (χ0) is 29.5. The third-order valence-electron chi connectivity index (χ3n) is 6.41. The van der Waals surface area contributed by atoms with E-state index in [-0.39, 0.29) is 35.1 Å². The van der Waals surface area contributed by atoms with Gasteiger partial charge in [-0.2, -0.15) is 26.3 Å². The minimum Gasteiger partial charge on any atom is -0.494 e. The molecular formula is C25H24F6N2O5S2. The molecule has 1 fully saturated rings. The lowest BCUT2D eigenvalue weighted by atomic mass is 9.78. The maximum atomic E-state index is 14.8. The monoisotopic (exact) mass is 610 g/mol. The largest absolute Gasteiger partial charge is 0.494 e. The lowest BCUT2D eigenvalue weighted by Gasteiger charge is -2.41. The number of rotatable bonds is 9. The normalized spacial score (nSPS) is 20.3. The number of carbonyl (C=O) groups is 2. The van der Waals surface area contributed by atoms with Crippen LogP contribution in [-0.4, -0.2) is 45.4 Å². The summed E-state index contributed by atoms with van der Waals surface area (Å²) in [6.07, 6.45) is -9.29. The van der Waals surface area contributed by atoms with Crippen molar-refractivity contribution in [2.45, 2.75) is 55.9 Å². The first-order chi connectivity index (χ1) is 18.5. The summed E-state index contributed by atoms with van der Waals surface area (Å²) in [5.41, 5.74) is -4.40. The first-order valence-electron chi connectivity index (χ1n) is 12.0. The number of amides is 2. The molecule has 4 rings (SSSR count). The van der Waals surface area contributed by atoms with Crippen molar-refractivity contribution in [3.8, 4) is 5.75 Å². The maximum Gasteiger partial charge on any atom is 0.416 e. The van der Waals surface area contributed by atoms with Gasteiger partial charge < -0.3 is 10.1 Å². The molecule has 2 heterocycles. The Kier molecular flexibility index (Phi) is 8.02. The fourth-order valence-electron chi connectivity index (χ4n) is 4.37. The van der Waals surface area contributed by atoms with Crippen molar-refractivity contribution in [2.75, 3.05) is 12.9 Å². The number of halogens is 6. The fourth-order valence-corrected chi connectivity index (χ4v) is 6.04. The van der Waals surface area contributed by atoms with Gasteiger partial charge in [-0.1, -0.05) is 12.1 Å². The number of alkyl halides is 6. The molecule has 2 aromatic rings. The van der Waals surface area contributed by atoms with Gasteiger partial charge in [0, 0.05) is 22.6 Å². The third kappa shape index (κ3) is 6.79. The minimum atomic E-state index is -5.07. The highest BCUT2D eigenvalue weighted by Gasteiger charge is 2.60. The Hall–Kier alpha value is -3.07. The molecule has 0 spiro atoms. The van der Waals surface area contributed by atoms with Crippen LogP contribution in [0.25, 0.3) is 5.57 Å². The molecular weight excluding hydrogens is 586 g/mol. The van der Waals surface area contributed by atoms with Crippen molar-refractivity contribution < 1.29 is 49.1 Å². The molecule has 1 aliphatic carbocycles. The van der Waals surface area contributed by atoms with Crippen molar-refractivity contribution in [3.05, 3.63) is 57.3 Å². The second kappa shape index (κ2) is 10.7. The SMILES string of the molecule is CS(=O)(=O)NC(=O)C1=C(c2ccc(C3CC3)s2)CC(c2ccc(OCCCC(F)(F)F)cc2)(C(F)(F)F)NC1=O. The van der Waals surface area contributed by atoms with Crippen LogP contribution < -0.4 is 14.8 Å². The Morgan fingerprint density at radius 2 is 1.75 bits per heavy atom. The van der Waals surface area contributed by atoms with Gasteiger partial charge >= 0.3 is 12.4 Å². The zero-order valence-electron chi connectivity index (χ0n) is 20.9. The molecule has 0 bridgehead atoms. The van der Waals surface area contributed by atoms with Gasteiger partial charge in [-0.15, -0.1) is 11.3 Å². The van der Waals surface area contributed by atoms with Gasteiger partial charge in [-0.25, -0.2) is 13.1 Å². The summed E-state index contributed by atoms with van der Waals surface area (Å²) in [4.78, 5) is 27.1. The highest BCUT2D eigenvalue weighted by atomic mass is 32.2. The molecule has 0 radical (unpaired) electrons. The van der Waals surface area contributed by atoms with Crippen LogP contribution in [0.4, 0.5) is 26.3 Å². The number of hydrogen-bond donors (Lipinski definition) is 2. The maximum absolute atomic E-state index is 14.8. The molecule has 7 nitrogen and oxygen atoms in total. The summed E-state index contributed by atoms with van der Waals surface area (Å²) in [6, 6.07) is 7.59. The molecule has 1 aromatic carbocycles. The number of thiophene rings is 1. The molecule has 40 heavy (non-hydrogen) atoms. The van der Waals surface area contributed by atoms with Crippen molar-refractivity contribution in [2.24, 2.45) is 0 Å². The Labute approximate surface area is 229 Å². The van der Waals surface area contributed by atoms with Gasteiger partial charge in [0.1, 0.15) is 11.3 Å². The van der Waals surface area contributed by atoms with Crippen LogP contribution in [0.3, 0.4) is 0 Å². The van der Waals surface area contributed by atoms with Crippen LogP contribution in [-0.2, 0) is 25.2 Å². The Morgan fingerprint density at radius 1 is 1.10 bits per heavy atom. The Morgan fingerprint density at radius 3 is 2.30 bits per heavy atom. The lowest BCUT2D eigenvalue weighted by Crippen LogP contribution is -2.59.